The van der Waals surface area contributed by atoms with Crippen molar-refractivity contribution in [1.29, 1.82) is 0 Å². The Morgan fingerprint density at radius 3 is 2.11 bits per heavy atom. The van der Waals surface area contributed by atoms with Gasteiger partial charge in [0.05, 0.1) is 0 Å². The van der Waals surface area contributed by atoms with Crippen LogP contribution in [0.2, 0.25) is 0 Å². The normalized spacial score (nSPS) is 12.8. The topological polar surface area (TPSA) is 38.2 Å². The van der Waals surface area contributed by atoms with Gasteiger partial charge in [0.15, 0.2) is 6.61 Å². The van der Waals surface area contributed by atoms with Crippen LogP contribution in [-0.4, -0.2) is 29.8 Å². The van der Waals surface area contributed by atoms with E-state index >= 15 is 0 Å². The van der Waals surface area contributed by atoms with Crippen molar-refractivity contribution in [1.82, 2.24) is 9.97 Å². The maximum atomic E-state index is 13.1. The zero-order valence-electron chi connectivity index (χ0n) is 15.6. The summed E-state index contributed by atoms with van der Waals surface area (Å²) >= 11 is 0. The molecule has 0 radical (unpaired) electrons. The fourth-order valence-electron chi connectivity index (χ4n) is 2.48. The van der Waals surface area contributed by atoms with Crippen LogP contribution in [0.3, 0.4) is 0 Å². The third-order valence-corrected chi connectivity index (χ3v) is 3.79. The van der Waals surface area contributed by atoms with Crippen LogP contribution < -0.4 is 9.64 Å². The maximum absolute atomic E-state index is 13.1. The van der Waals surface area contributed by atoms with Crippen LogP contribution in [0.15, 0.2) is 30.5 Å². The second-order valence-corrected chi connectivity index (χ2v) is 7.12. The monoisotopic (exact) mass is 407 g/mol. The molecule has 154 valence electrons. The molecule has 0 saturated carbocycles. The number of hydrogen-bond donors (Lipinski definition) is 0. The lowest BCUT2D eigenvalue weighted by molar-refractivity contribution is -0.159. The first-order valence-electron chi connectivity index (χ1n) is 8.17. The Bertz CT molecular complexity index is 827. The van der Waals surface area contributed by atoms with E-state index in [-0.39, 0.29) is 11.4 Å². The minimum Gasteiger partial charge on any atom is -0.467 e. The number of alkyl halides is 6. The van der Waals surface area contributed by atoms with Crippen molar-refractivity contribution in [2.75, 3.05) is 18.6 Å². The molecule has 0 atom stereocenters. The lowest BCUT2D eigenvalue weighted by Gasteiger charge is -2.28. The lowest BCUT2D eigenvalue weighted by atomic mass is 9.85. The fraction of sp³-hybridized carbons (Fsp3) is 0.444. The molecule has 0 unspecified atom stereocenters. The summed E-state index contributed by atoms with van der Waals surface area (Å²) in [5, 5.41) is 0. The van der Waals surface area contributed by atoms with Gasteiger partial charge in [0.25, 0.3) is 0 Å². The second kappa shape index (κ2) is 7.48. The summed E-state index contributed by atoms with van der Waals surface area (Å²) in [5.74, 6) is -1.39. The molecule has 0 spiro atoms. The molecule has 2 rings (SSSR count). The largest absolute Gasteiger partial charge is 0.467 e. The molecule has 0 aliphatic carbocycles. The van der Waals surface area contributed by atoms with E-state index in [1.807, 2.05) is 32.9 Å². The van der Waals surface area contributed by atoms with E-state index in [2.05, 4.69) is 14.7 Å². The minimum atomic E-state index is -4.96. The van der Waals surface area contributed by atoms with Crippen molar-refractivity contribution in [2.24, 2.45) is 0 Å². The highest BCUT2D eigenvalue weighted by molar-refractivity contribution is 5.63. The van der Waals surface area contributed by atoms with Gasteiger partial charge in [-0.3, -0.25) is 0 Å². The van der Waals surface area contributed by atoms with Crippen LogP contribution in [-0.2, 0) is 11.6 Å². The molecule has 1 aromatic heterocycles. The number of ether oxygens (including phenoxy) is 1. The molecule has 0 N–H and O–H groups in total. The molecule has 2 aromatic rings. The summed E-state index contributed by atoms with van der Waals surface area (Å²) in [6.07, 6.45) is -9.34. The Morgan fingerprint density at radius 1 is 0.964 bits per heavy atom. The van der Waals surface area contributed by atoms with Gasteiger partial charge in [-0.2, -0.15) is 31.3 Å². The molecule has 0 bridgehead atoms. The second-order valence-electron chi connectivity index (χ2n) is 7.12. The third kappa shape index (κ3) is 5.26. The van der Waals surface area contributed by atoms with Gasteiger partial charge in [0.2, 0.25) is 11.8 Å². The van der Waals surface area contributed by atoms with E-state index in [4.69, 9.17) is 0 Å². The Hall–Kier alpha value is -2.52. The van der Waals surface area contributed by atoms with Crippen molar-refractivity contribution >= 4 is 11.6 Å². The van der Waals surface area contributed by atoms with Crippen LogP contribution in [0.25, 0.3) is 0 Å². The number of benzene rings is 1. The molecule has 1 aromatic carbocycles. The predicted molar refractivity (Wildman–Crippen MR) is 91.8 cm³/mol. The average Bonchev–Trinajstić information content (AvgIpc) is 2.57. The maximum Gasteiger partial charge on any atom is 0.423 e. The van der Waals surface area contributed by atoms with Gasteiger partial charge in [0, 0.05) is 18.9 Å². The molecule has 0 saturated heterocycles. The number of para-hydroxylation sites is 1. The van der Waals surface area contributed by atoms with Gasteiger partial charge in [-0.15, -0.1) is 0 Å². The number of aromatic nitrogens is 2. The van der Waals surface area contributed by atoms with E-state index in [1.54, 1.807) is 12.1 Å². The summed E-state index contributed by atoms with van der Waals surface area (Å²) in [5.41, 5.74) is -0.305. The molecular formula is C18H19F6N3O. The number of rotatable bonds is 4. The quantitative estimate of drug-likeness (QED) is 0.627. The van der Waals surface area contributed by atoms with E-state index in [0.29, 0.717) is 11.9 Å². The molecule has 0 fully saturated rings. The SMILES string of the molecule is CN(c1ncc(C(F)(F)F)c(OCC(F)(F)F)n1)c1ccccc1C(C)(C)C. The van der Waals surface area contributed by atoms with Gasteiger partial charge in [0.1, 0.15) is 5.56 Å². The minimum absolute atomic E-state index is 0.220. The van der Waals surface area contributed by atoms with Crippen LogP contribution in [0, 0.1) is 0 Å². The Kier molecular flexibility index (Phi) is 5.82. The van der Waals surface area contributed by atoms with E-state index in [1.165, 1.54) is 11.9 Å². The van der Waals surface area contributed by atoms with Gasteiger partial charge in [-0.05, 0) is 17.0 Å². The van der Waals surface area contributed by atoms with Crippen LogP contribution >= 0.6 is 0 Å². The van der Waals surface area contributed by atoms with Crippen LogP contribution in [0.1, 0.15) is 31.9 Å². The predicted octanol–water partition coefficient (Wildman–Crippen LogP) is 5.50. The van der Waals surface area contributed by atoms with Crippen molar-refractivity contribution in [2.45, 2.75) is 38.5 Å². The zero-order valence-corrected chi connectivity index (χ0v) is 15.6. The molecular weight excluding hydrogens is 388 g/mol. The number of halogens is 6. The summed E-state index contributed by atoms with van der Waals surface area (Å²) in [7, 11) is 1.51. The smallest absolute Gasteiger partial charge is 0.423 e. The summed E-state index contributed by atoms with van der Waals surface area (Å²) < 4.78 is 80.9. The molecule has 4 nitrogen and oxygen atoms in total. The van der Waals surface area contributed by atoms with Gasteiger partial charge < -0.3 is 9.64 Å². The van der Waals surface area contributed by atoms with Crippen molar-refractivity contribution < 1.29 is 31.1 Å². The number of anilines is 2. The standard InChI is InChI=1S/C18H19F6N3O/c1-16(2,3)11-7-5-6-8-13(11)27(4)15-25-9-12(18(22,23)24)14(26-15)28-10-17(19,20)21/h5-9H,10H2,1-4H3. The van der Waals surface area contributed by atoms with E-state index < -0.39 is 30.4 Å². The molecule has 1 heterocycles. The summed E-state index contributed by atoms with van der Waals surface area (Å²) in [6, 6.07) is 7.10. The van der Waals surface area contributed by atoms with Gasteiger partial charge in [-0.25, -0.2) is 4.98 Å². The molecule has 10 heteroatoms. The van der Waals surface area contributed by atoms with Crippen molar-refractivity contribution in [3.8, 4) is 5.88 Å². The highest BCUT2D eigenvalue weighted by Gasteiger charge is 2.38. The summed E-state index contributed by atoms with van der Waals surface area (Å²) in [4.78, 5) is 8.70. The average molecular weight is 407 g/mol. The molecule has 0 aliphatic heterocycles. The zero-order chi connectivity index (χ0) is 21.3. The first-order valence-corrected chi connectivity index (χ1v) is 8.17. The van der Waals surface area contributed by atoms with E-state index in [0.717, 1.165) is 5.56 Å². The highest BCUT2D eigenvalue weighted by Crippen LogP contribution is 2.38. The highest BCUT2D eigenvalue weighted by atomic mass is 19.4. The Balaban J connectivity index is 2.49. The van der Waals surface area contributed by atoms with Gasteiger partial charge in [-0.1, -0.05) is 39.0 Å². The molecule has 28 heavy (non-hydrogen) atoms. The first-order chi connectivity index (χ1) is 12.7. The number of hydrogen-bond acceptors (Lipinski definition) is 4. The molecule has 0 aliphatic rings. The molecule has 0 amide bonds. The fourth-order valence-corrected chi connectivity index (χ4v) is 2.48. The lowest BCUT2D eigenvalue weighted by Crippen LogP contribution is -2.24. The van der Waals surface area contributed by atoms with E-state index in [9.17, 15) is 26.3 Å². The number of nitrogens with zero attached hydrogens (tertiary/aromatic N) is 3. The van der Waals surface area contributed by atoms with Crippen molar-refractivity contribution in [3.05, 3.63) is 41.6 Å². The Labute approximate surface area is 158 Å². The van der Waals surface area contributed by atoms with Crippen LogP contribution in [0.5, 0.6) is 5.88 Å². The van der Waals surface area contributed by atoms with Crippen LogP contribution in [0.4, 0.5) is 38.0 Å². The van der Waals surface area contributed by atoms with Gasteiger partial charge >= 0.3 is 12.4 Å². The summed E-state index contributed by atoms with van der Waals surface area (Å²) in [6.45, 7) is 3.95. The Morgan fingerprint density at radius 2 is 1.57 bits per heavy atom. The first kappa shape index (κ1) is 21.8. The third-order valence-electron chi connectivity index (χ3n) is 3.79. The van der Waals surface area contributed by atoms with Crippen molar-refractivity contribution in [3.63, 3.8) is 0 Å².